The van der Waals surface area contributed by atoms with Crippen molar-refractivity contribution in [3.63, 3.8) is 0 Å². The van der Waals surface area contributed by atoms with Gasteiger partial charge in [-0.1, -0.05) is 46.6 Å². The van der Waals surface area contributed by atoms with Crippen LogP contribution in [-0.2, 0) is 0 Å². The van der Waals surface area contributed by atoms with Gasteiger partial charge in [-0.2, -0.15) is 0 Å². The molecule has 90 valence electrons. The molecule has 0 fully saturated rings. The first-order valence-corrected chi connectivity index (χ1v) is 6.46. The first kappa shape index (κ1) is 14.7. The first-order chi connectivity index (χ1) is 7.11. The highest BCUT2D eigenvalue weighted by Gasteiger charge is 2.23. The van der Waals surface area contributed by atoms with Crippen LogP contribution >= 0.6 is 0 Å². The average Bonchev–Trinajstić information content (AvgIpc) is 2.26. The Morgan fingerprint density at radius 3 is 2.27 bits per heavy atom. The molecule has 0 radical (unpaired) electrons. The molecule has 0 aliphatic rings. The topological polar surface area (TPSA) is 12.0 Å². The summed E-state index contributed by atoms with van der Waals surface area (Å²) in [4.78, 5) is 0. The van der Waals surface area contributed by atoms with Crippen molar-refractivity contribution in [1.82, 2.24) is 5.32 Å². The zero-order valence-corrected chi connectivity index (χ0v) is 11.1. The van der Waals surface area contributed by atoms with E-state index in [1.165, 1.54) is 25.7 Å². The zero-order valence-electron chi connectivity index (χ0n) is 11.1. The molecule has 0 rings (SSSR count). The minimum Gasteiger partial charge on any atom is -0.316 e. The van der Waals surface area contributed by atoms with E-state index >= 15 is 0 Å². The highest BCUT2D eigenvalue weighted by atomic mass is 14.9. The van der Waals surface area contributed by atoms with Gasteiger partial charge < -0.3 is 5.32 Å². The predicted octanol–water partition coefficient (Wildman–Crippen LogP) is 4.00. The van der Waals surface area contributed by atoms with Crippen LogP contribution < -0.4 is 5.32 Å². The van der Waals surface area contributed by atoms with Crippen LogP contribution in [0, 0.1) is 11.3 Å². The van der Waals surface area contributed by atoms with Gasteiger partial charge in [-0.15, -0.1) is 6.58 Å². The summed E-state index contributed by atoms with van der Waals surface area (Å²) in [5, 5.41) is 3.51. The molecule has 1 heteroatoms. The molecule has 0 spiro atoms. The van der Waals surface area contributed by atoms with Crippen molar-refractivity contribution in [2.24, 2.45) is 11.3 Å². The van der Waals surface area contributed by atoms with Crippen LogP contribution in [-0.4, -0.2) is 13.1 Å². The van der Waals surface area contributed by atoms with Gasteiger partial charge >= 0.3 is 0 Å². The Labute approximate surface area is 96.3 Å². The summed E-state index contributed by atoms with van der Waals surface area (Å²) in [6.45, 7) is 15.3. The van der Waals surface area contributed by atoms with E-state index < -0.39 is 0 Å². The predicted molar refractivity (Wildman–Crippen MR) is 70.2 cm³/mol. The van der Waals surface area contributed by atoms with Gasteiger partial charge in [0.1, 0.15) is 0 Å². The summed E-state index contributed by atoms with van der Waals surface area (Å²) >= 11 is 0. The molecule has 1 N–H and O–H groups in total. The van der Waals surface area contributed by atoms with Crippen LogP contribution in [0.3, 0.4) is 0 Å². The lowest BCUT2D eigenvalue weighted by Crippen LogP contribution is -2.32. The van der Waals surface area contributed by atoms with Gasteiger partial charge in [0.15, 0.2) is 0 Å². The van der Waals surface area contributed by atoms with Crippen molar-refractivity contribution >= 4 is 0 Å². The molecular weight excluding hydrogens is 182 g/mol. The lowest BCUT2D eigenvalue weighted by atomic mass is 9.79. The maximum Gasteiger partial charge on any atom is 0.00399 e. The van der Waals surface area contributed by atoms with E-state index in [1.54, 1.807) is 0 Å². The summed E-state index contributed by atoms with van der Waals surface area (Å²) in [7, 11) is 0. The molecule has 1 unspecified atom stereocenters. The van der Waals surface area contributed by atoms with Crippen molar-refractivity contribution in [3.05, 3.63) is 12.7 Å². The van der Waals surface area contributed by atoms with Crippen molar-refractivity contribution in [2.75, 3.05) is 13.1 Å². The molecule has 0 saturated heterocycles. The first-order valence-electron chi connectivity index (χ1n) is 6.46. The quantitative estimate of drug-likeness (QED) is 0.449. The number of hydrogen-bond acceptors (Lipinski definition) is 1. The monoisotopic (exact) mass is 211 g/mol. The summed E-state index contributed by atoms with van der Waals surface area (Å²) in [5.74, 6) is 0.844. The van der Waals surface area contributed by atoms with E-state index in [4.69, 9.17) is 0 Å². The Hall–Kier alpha value is -0.300. The molecule has 0 bridgehead atoms. The number of rotatable bonds is 9. The lowest BCUT2D eigenvalue weighted by Gasteiger charge is -2.30. The second-order valence-corrected chi connectivity index (χ2v) is 4.92. The molecule has 0 heterocycles. The fourth-order valence-electron chi connectivity index (χ4n) is 2.02. The molecular formula is C14H29N. The average molecular weight is 211 g/mol. The lowest BCUT2D eigenvalue weighted by molar-refractivity contribution is 0.282. The van der Waals surface area contributed by atoms with E-state index in [9.17, 15) is 0 Å². The van der Waals surface area contributed by atoms with E-state index in [2.05, 4.69) is 45.7 Å². The molecule has 0 amide bonds. The fourth-order valence-corrected chi connectivity index (χ4v) is 2.02. The Kier molecular flexibility index (Phi) is 7.76. The standard InChI is InChI=1S/C14H29N/c1-6-10-15-12-14(5,9-4)11-13(7-2)8-3/h9,13,15H,4,6-8,10-12H2,1-3,5H3. The normalized spacial score (nSPS) is 15.3. The molecule has 0 aliphatic carbocycles. The van der Waals surface area contributed by atoms with E-state index in [0.717, 1.165) is 19.0 Å². The van der Waals surface area contributed by atoms with E-state index in [0.29, 0.717) is 0 Å². The smallest absolute Gasteiger partial charge is 0.00399 e. The minimum atomic E-state index is 0.270. The van der Waals surface area contributed by atoms with Gasteiger partial charge in [0, 0.05) is 6.54 Å². The van der Waals surface area contributed by atoms with Crippen LogP contribution in [0.5, 0.6) is 0 Å². The van der Waals surface area contributed by atoms with Gasteiger partial charge in [0.25, 0.3) is 0 Å². The maximum absolute atomic E-state index is 3.99. The molecule has 0 aromatic rings. The van der Waals surface area contributed by atoms with Gasteiger partial charge in [-0.25, -0.2) is 0 Å². The molecule has 1 nitrogen and oxygen atoms in total. The molecule has 0 saturated carbocycles. The van der Waals surface area contributed by atoms with E-state index in [1.807, 2.05) is 0 Å². The Bertz CT molecular complexity index is 161. The summed E-state index contributed by atoms with van der Waals surface area (Å²) < 4.78 is 0. The Morgan fingerprint density at radius 2 is 1.87 bits per heavy atom. The van der Waals surface area contributed by atoms with Crippen molar-refractivity contribution in [2.45, 2.75) is 53.4 Å². The van der Waals surface area contributed by atoms with Crippen LogP contribution in [0.4, 0.5) is 0 Å². The highest BCUT2D eigenvalue weighted by molar-refractivity contribution is 4.94. The third-order valence-electron chi connectivity index (χ3n) is 3.36. The van der Waals surface area contributed by atoms with Crippen molar-refractivity contribution < 1.29 is 0 Å². The molecule has 0 aromatic heterocycles. The van der Waals surface area contributed by atoms with Crippen molar-refractivity contribution in [3.8, 4) is 0 Å². The highest BCUT2D eigenvalue weighted by Crippen LogP contribution is 2.29. The zero-order chi connectivity index (χ0) is 11.7. The molecule has 0 aromatic carbocycles. The summed E-state index contributed by atoms with van der Waals surface area (Å²) in [6, 6.07) is 0. The fraction of sp³-hybridized carbons (Fsp3) is 0.857. The maximum atomic E-state index is 3.99. The van der Waals surface area contributed by atoms with Crippen LogP contribution in [0.2, 0.25) is 0 Å². The Balaban J connectivity index is 4.10. The number of hydrogen-bond donors (Lipinski definition) is 1. The van der Waals surface area contributed by atoms with Gasteiger partial charge in [-0.05, 0) is 30.7 Å². The second kappa shape index (κ2) is 7.92. The molecule has 0 aliphatic heterocycles. The number of nitrogens with one attached hydrogen (secondary N) is 1. The molecule has 1 atom stereocenters. The summed E-state index contributed by atoms with van der Waals surface area (Å²) in [5.41, 5.74) is 0.270. The van der Waals surface area contributed by atoms with Crippen LogP contribution in [0.15, 0.2) is 12.7 Å². The van der Waals surface area contributed by atoms with Crippen LogP contribution in [0.1, 0.15) is 53.4 Å². The summed E-state index contributed by atoms with van der Waals surface area (Å²) in [6.07, 6.45) is 7.17. The Morgan fingerprint density at radius 1 is 1.27 bits per heavy atom. The third kappa shape index (κ3) is 5.99. The second-order valence-electron chi connectivity index (χ2n) is 4.92. The van der Waals surface area contributed by atoms with Gasteiger partial charge in [0.2, 0.25) is 0 Å². The SMILES string of the molecule is C=CC(C)(CNCCC)CC(CC)CC. The largest absolute Gasteiger partial charge is 0.316 e. The third-order valence-corrected chi connectivity index (χ3v) is 3.36. The van der Waals surface area contributed by atoms with E-state index in [-0.39, 0.29) is 5.41 Å². The van der Waals surface area contributed by atoms with Crippen LogP contribution in [0.25, 0.3) is 0 Å². The minimum absolute atomic E-state index is 0.270. The van der Waals surface area contributed by atoms with Gasteiger partial charge in [-0.3, -0.25) is 0 Å². The van der Waals surface area contributed by atoms with Gasteiger partial charge in [0.05, 0.1) is 0 Å². The van der Waals surface area contributed by atoms with Crippen molar-refractivity contribution in [1.29, 1.82) is 0 Å². The molecule has 15 heavy (non-hydrogen) atoms.